The highest BCUT2D eigenvalue weighted by Crippen LogP contribution is 2.35. The van der Waals surface area contributed by atoms with E-state index in [1.54, 1.807) is 23.9 Å². The smallest absolute Gasteiger partial charge is 0.231 e. The van der Waals surface area contributed by atoms with E-state index in [1.807, 2.05) is 28.0 Å². The van der Waals surface area contributed by atoms with Crippen LogP contribution in [0.5, 0.6) is 11.5 Å². The summed E-state index contributed by atoms with van der Waals surface area (Å²) in [6, 6.07) is 12.4. The number of benzene rings is 2. The van der Waals surface area contributed by atoms with Gasteiger partial charge in [0.25, 0.3) is 0 Å². The molecule has 0 unspecified atom stereocenters. The third-order valence-corrected chi connectivity index (χ3v) is 5.88. The van der Waals surface area contributed by atoms with Crippen LogP contribution in [-0.2, 0) is 5.75 Å². The van der Waals surface area contributed by atoms with Crippen molar-refractivity contribution in [2.24, 2.45) is 0 Å². The normalized spacial score (nSPS) is 12.8. The molecule has 2 aromatic heterocycles. The van der Waals surface area contributed by atoms with Gasteiger partial charge in [-0.15, -0.1) is 21.5 Å². The largest absolute Gasteiger partial charge is 0.454 e. The SMILES string of the molecule is Fc1ccc(-c2csc3nnc(SCc4ccc5c(c4)OCO5)n23)cc1. The van der Waals surface area contributed by atoms with Crippen LogP contribution in [0.15, 0.2) is 53.0 Å². The van der Waals surface area contributed by atoms with Crippen LogP contribution in [0, 0.1) is 5.82 Å². The Hall–Kier alpha value is -2.58. The third kappa shape index (κ3) is 2.71. The van der Waals surface area contributed by atoms with Gasteiger partial charge in [-0.1, -0.05) is 17.8 Å². The first-order chi connectivity index (χ1) is 12.8. The molecule has 8 heteroatoms. The van der Waals surface area contributed by atoms with Gasteiger partial charge >= 0.3 is 0 Å². The maximum atomic E-state index is 13.2. The first kappa shape index (κ1) is 15.7. The lowest BCUT2D eigenvalue weighted by molar-refractivity contribution is 0.174. The molecule has 0 saturated heterocycles. The summed E-state index contributed by atoms with van der Waals surface area (Å²) in [5.74, 6) is 2.04. The molecule has 2 aromatic carbocycles. The highest BCUT2D eigenvalue weighted by Gasteiger charge is 2.16. The molecule has 0 bridgehead atoms. The van der Waals surface area contributed by atoms with E-state index in [0.29, 0.717) is 0 Å². The molecule has 1 aliphatic rings. The molecule has 0 saturated carbocycles. The van der Waals surface area contributed by atoms with Crippen LogP contribution in [-0.4, -0.2) is 21.4 Å². The first-order valence-corrected chi connectivity index (χ1v) is 9.74. The van der Waals surface area contributed by atoms with Crippen molar-refractivity contribution in [1.82, 2.24) is 14.6 Å². The summed E-state index contributed by atoms with van der Waals surface area (Å²) in [5, 5.41) is 11.4. The zero-order valence-electron chi connectivity index (χ0n) is 13.4. The summed E-state index contributed by atoms with van der Waals surface area (Å²) in [7, 11) is 0. The molecular weight excluding hydrogens is 373 g/mol. The van der Waals surface area contributed by atoms with Crippen molar-refractivity contribution in [3.63, 3.8) is 0 Å². The Labute approximate surface area is 156 Å². The van der Waals surface area contributed by atoms with Gasteiger partial charge in [-0.3, -0.25) is 4.40 Å². The van der Waals surface area contributed by atoms with Crippen molar-refractivity contribution in [2.45, 2.75) is 10.9 Å². The zero-order chi connectivity index (χ0) is 17.5. The second-order valence-corrected chi connectivity index (χ2v) is 7.48. The minimum atomic E-state index is -0.249. The summed E-state index contributed by atoms with van der Waals surface area (Å²) < 4.78 is 26.0. The van der Waals surface area contributed by atoms with Crippen LogP contribution in [0.2, 0.25) is 0 Å². The summed E-state index contributed by atoms with van der Waals surface area (Å²) in [5.41, 5.74) is 3.01. The van der Waals surface area contributed by atoms with E-state index in [9.17, 15) is 4.39 Å². The van der Waals surface area contributed by atoms with E-state index in [0.717, 1.165) is 44.2 Å². The molecule has 3 heterocycles. The number of rotatable bonds is 4. The van der Waals surface area contributed by atoms with E-state index < -0.39 is 0 Å². The van der Waals surface area contributed by atoms with Gasteiger partial charge in [0.1, 0.15) is 5.82 Å². The van der Waals surface area contributed by atoms with Gasteiger partial charge in [-0.05, 0) is 47.5 Å². The van der Waals surface area contributed by atoms with Gasteiger partial charge in [0, 0.05) is 11.1 Å². The van der Waals surface area contributed by atoms with Gasteiger partial charge in [0.2, 0.25) is 11.8 Å². The number of fused-ring (bicyclic) bond motifs is 2. The van der Waals surface area contributed by atoms with Crippen LogP contribution in [0.25, 0.3) is 16.2 Å². The number of ether oxygens (including phenoxy) is 2. The zero-order valence-corrected chi connectivity index (χ0v) is 15.0. The number of aromatic nitrogens is 3. The molecule has 130 valence electrons. The molecule has 0 aliphatic carbocycles. The number of thioether (sulfide) groups is 1. The van der Waals surface area contributed by atoms with E-state index in [-0.39, 0.29) is 12.6 Å². The van der Waals surface area contributed by atoms with E-state index in [4.69, 9.17) is 9.47 Å². The van der Waals surface area contributed by atoms with Gasteiger partial charge in [0.15, 0.2) is 16.7 Å². The second kappa shape index (κ2) is 6.30. The molecule has 0 fully saturated rings. The molecular formula is C18H12FN3O2S2. The standard InChI is InChI=1S/C18H12FN3O2S2/c19-13-4-2-12(3-5-13)14-9-26-18-21-20-17(22(14)18)25-8-11-1-6-15-16(7-11)24-10-23-15/h1-7,9H,8,10H2. The predicted molar refractivity (Wildman–Crippen MR) is 98.4 cm³/mol. The Balaban J connectivity index is 1.44. The first-order valence-electron chi connectivity index (χ1n) is 7.88. The van der Waals surface area contributed by atoms with Gasteiger partial charge in [-0.2, -0.15) is 0 Å². The molecule has 0 amide bonds. The minimum Gasteiger partial charge on any atom is -0.454 e. The number of hydrogen-bond acceptors (Lipinski definition) is 6. The molecule has 4 aromatic rings. The summed E-state index contributed by atoms with van der Waals surface area (Å²) in [6.07, 6.45) is 0. The van der Waals surface area contributed by atoms with Crippen LogP contribution < -0.4 is 9.47 Å². The molecule has 1 aliphatic heterocycles. The Morgan fingerprint density at radius 3 is 2.81 bits per heavy atom. The fourth-order valence-corrected chi connectivity index (χ4v) is 4.57. The molecule has 0 N–H and O–H groups in total. The lowest BCUT2D eigenvalue weighted by atomic mass is 10.2. The monoisotopic (exact) mass is 385 g/mol. The highest BCUT2D eigenvalue weighted by molar-refractivity contribution is 7.98. The van der Waals surface area contributed by atoms with E-state index >= 15 is 0 Å². The Morgan fingerprint density at radius 1 is 1.08 bits per heavy atom. The van der Waals surface area contributed by atoms with E-state index in [2.05, 4.69) is 10.2 Å². The van der Waals surface area contributed by atoms with Crippen molar-refractivity contribution in [3.05, 3.63) is 59.2 Å². The molecule has 26 heavy (non-hydrogen) atoms. The molecule has 0 spiro atoms. The minimum absolute atomic E-state index is 0.249. The highest BCUT2D eigenvalue weighted by atomic mass is 32.2. The average Bonchev–Trinajstić information content (AvgIpc) is 3.37. The van der Waals surface area contributed by atoms with Crippen molar-refractivity contribution in [1.29, 1.82) is 0 Å². The Morgan fingerprint density at radius 2 is 1.92 bits per heavy atom. The summed E-state index contributed by atoms with van der Waals surface area (Å²) >= 11 is 3.11. The van der Waals surface area contributed by atoms with Crippen LogP contribution in [0.1, 0.15) is 5.56 Å². The third-order valence-electron chi connectivity index (χ3n) is 4.07. The number of nitrogens with zero attached hydrogens (tertiary/aromatic N) is 3. The summed E-state index contributed by atoms with van der Waals surface area (Å²) in [4.78, 5) is 0.817. The quantitative estimate of drug-likeness (QED) is 0.480. The lowest BCUT2D eigenvalue weighted by Gasteiger charge is -2.04. The van der Waals surface area contributed by atoms with Crippen molar-refractivity contribution in [2.75, 3.05) is 6.79 Å². The fourth-order valence-electron chi connectivity index (χ4n) is 2.79. The van der Waals surface area contributed by atoms with Crippen LogP contribution in [0.3, 0.4) is 0 Å². The second-order valence-electron chi connectivity index (χ2n) is 5.70. The van der Waals surface area contributed by atoms with E-state index in [1.165, 1.54) is 23.5 Å². The van der Waals surface area contributed by atoms with Crippen molar-refractivity contribution in [3.8, 4) is 22.8 Å². The van der Waals surface area contributed by atoms with Gasteiger partial charge in [0.05, 0.1) is 5.69 Å². The van der Waals surface area contributed by atoms with Crippen molar-refractivity contribution < 1.29 is 13.9 Å². The van der Waals surface area contributed by atoms with Gasteiger partial charge < -0.3 is 9.47 Å². The number of thiazole rings is 1. The van der Waals surface area contributed by atoms with Crippen molar-refractivity contribution >= 4 is 28.1 Å². The van der Waals surface area contributed by atoms with Crippen LogP contribution in [0.4, 0.5) is 4.39 Å². The predicted octanol–water partition coefficient (Wildman–Crippen LogP) is 4.62. The molecule has 0 atom stereocenters. The number of hydrogen-bond donors (Lipinski definition) is 0. The maximum absolute atomic E-state index is 13.2. The lowest BCUT2D eigenvalue weighted by Crippen LogP contribution is -1.93. The van der Waals surface area contributed by atoms with Crippen LogP contribution >= 0.6 is 23.1 Å². The summed E-state index contributed by atoms with van der Waals surface area (Å²) in [6.45, 7) is 0.270. The molecule has 5 nitrogen and oxygen atoms in total. The molecule has 0 radical (unpaired) electrons. The maximum Gasteiger partial charge on any atom is 0.231 e. The number of halogens is 1. The van der Waals surface area contributed by atoms with Gasteiger partial charge in [-0.25, -0.2) is 4.39 Å². The fraction of sp³-hybridized carbons (Fsp3) is 0.111. The molecule has 5 rings (SSSR count). The Kier molecular flexibility index (Phi) is 3.79. The average molecular weight is 385 g/mol. The Bertz CT molecular complexity index is 1090. The topological polar surface area (TPSA) is 48.7 Å².